The molecule has 0 bridgehead atoms. The molecule has 0 unspecified atom stereocenters. The Morgan fingerprint density at radius 3 is 2.69 bits per heavy atom. The number of rotatable bonds is 1. The molecule has 1 aromatic carbocycles. The second-order valence-corrected chi connectivity index (χ2v) is 3.54. The first-order valence-corrected chi connectivity index (χ1v) is 4.49. The highest BCUT2D eigenvalue weighted by molar-refractivity contribution is 5.84. The maximum Gasteiger partial charge on any atom is 0.0486 e. The first-order valence-electron chi connectivity index (χ1n) is 4.49. The van der Waals surface area contributed by atoms with Gasteiger partial charge in [-0.3, -0.25) is 0 Å². The van der Waals surface area contributed by atoms with Crippen molar-refractivity contribution in [2.45, 2.75) is 20.4 Å². The molecule has 2 rings (SSSR count). The Morgan fingerprint density at radius 2 is 2.00 bits per heavy atom. The molecule has 0 atom stereocenters. The molecule has 0 radical (unpaired) electrons. The average Bonchev–Trinajstić information content (AvgIpc) is 2.47. The van der Waals surface area contributed by atoms with Crippen LogP contribution in [0.1, 0.15) is 16.8 Å². The number of hydrogen-bond donors (Lipinski definition) is 2. The number of fused-ring (bicyclic) bond motifs is 1. The highest BCUT2D eigenvalue weighted by Gasteiger charge is 2.02. The van der Waals surface area contributed by atoms with Gasteiger partial charge in [-0.2, -0.15) is 0 Å². The molecule has 0 fully saturated rings. The van der Waals surface area contributed by atoms with Crippen molar-refractivity contribution in [2.24, 2.45) is 5.73 Å². The predicted octanol–water partition coefficient (Wildman–Crippen LogP) is 2.24. The average molecular weight is 174 g/mol. The van der Waals surface area contributed by atoms with Gasteiger partial charge in [-0.25, -0.2) is 0 Å². The second-order valence-electron chi connectivity index (χ2n) is 3.54. The molecule has 0 spiro atoms. The Labute approximate surface area is 77.8 Å². The molecule has 0 saturated carbocycles. The summed E-state index contributed by atoms with van der Waals surface area (Å²) in [7, 11) is 0. The van der Waals surface area contributed by atoms with Gasteiger partial charge >= 0.3 is 0 Å². The summed E-state index contributed by atoms with van der Waals surface area (Å²) in [6, 6.07) is 6.48. The number of nitrogens with one attached hydrogen (secondary N) is 1. The molecule has 1 heterocycles. The van der Waals surface area contributed by atoms with Gasteiger partial charge in [0, 0.05) is 23.1 Å². The summed E-state index contributed by atoms with van der Waals surface area (Å²) in [5.74, 6) is 0. The van der Waals surface area contributed by atoms with Crippen LogP contribution in [0.25, 0.3) is 10.9 Å². The van der Waals surface area contributed by atoms with Gasteiger partial charge in [0.15, 0.2) is 0 Å². The third-order valence-electron chi connectivity index (χ3n) is 2.35. The van der Waals surface area contributed by atoms with E-state index in [-0.39, 0.29) is 0 Å². The van der Waals surface area contributed by atoms with Crippen LogP contribution >= 0.6 is 0 Å². The van der Waals surface area contributed by atoms with Crippen molar-refractivity contribution >= 4 is 10.9 Å². The number of aryl methyl sites for hydroxylation is 2. The van der Waals surface area contributed by atoms with E-state index in [1.54, 1.807) is 0 Å². The SMILES string of the molecule is Cc1cc(C)c2[nH]c(CN)cc2c1. The molecule has 2 nitrogen and oxygen atoms in total. The van der Waals surface area contributed by atoms with E-state index in [1.165, 1.54) is 22.0 Å². The molecule has 0 aliphatic rings. The Kier molecular flexibility index (Phi) is 1.85. The lowest BCUT2D eigenvalue weighted by atomic mass is 10.1. The van der Waals surface area contributed by atoms with Gasteiger partial charge in [-0.05, 0) is 31.5 Å². The summed E-state index contributed by atoms with van der Waals surface area (Å²) in [4.78, 5) is 3.32. The van der Waals surface area contributed by atoms with Crippen LogP contribution in [0, 0.1) is 13.8 Å². The van der Waals surface area contributed by atoms with E-state index in [9.17, 15) is 0 Å². The van der Waals surface area contributed by atoms with Crippen molar-refractivity contribution in [2.75, 3.05) is 0 Å². The van der Waals surface area contributed by atoms with Gasteiger partial charge in [0.25, 0.3) is 0 Å². The van der Waals surface area contributed by atoms with Gasteiger partial charge < -0.3 is 10.7 Å². The van der Waals surface area contributed by atoms with E-state index in [4.69, 9.17) is 5.73 Å². The van der Waals surface area contributed by atoms with E-state index in [2.05, 4.69) is 37.0 Å². The highest BCUT2D eigenvalue weighted by Crippen LogP contribution is 2.20. The topological polar surface area (TPSA) is 41.8 Å². The lowest BCUT2D eigenvalue weighted by molar-refractivity contribution is 1.02. The van der Waals surface area contributed by atoms with Crippen molar-refractivity contribution in [3.05, 3.63) is 35.0 Å². The largest absolute Gasteiger partial charge is 0.357 e. The number of hydrogen-bond acceptors (Lipinski definition) is 1. The molecular formula is C11H14N2. The molecule has 2 heteroatoms. The van der Waals surface area contributed by atoms with Crippen LogP contribution in [0.3, 0.4) is 0 Å². The standard InChI is InChI=1S/C11H14N2/c1-7-3-8(2)11-9(4-7)5-10(6-12)13-11/h3-5,13H,6,12H2,1-2H3. The fraction of sp³-hybridized carbons (Fsp3) is 0.273. The Bertz CT molecular complexity index is 441. The normalized spacial score (nSPS) is 11.0. The van der Waals surface area contributed by atoms with Crippen molar-refractivity contribution in [3.63, 3.8) is 0 Å². The molecule has 0 aliphatic heterocycles. The van der Waals surface area contributed by atoms with Gasteiger partial charge in [0.2, 0.25) is 0 Å². The summed E-state index contributed by atoms with van der Waals surface area (Å²) in [6.07, 6.45) is 0. The summed E-state index contributed by atoms with van der Waals surface area (Å²) in [5, 5.41) is 1.26. The summed E-state index contributed by atoms with van der Waals surface area (Å²) in [5.41, 5.74) is 10.5. The van der Waals surface area contributed by atoms with Crippen LogP contribution in [0.4, 0.5) is 0 Å². The van der Waals surface area contributed by atoms with Crippen molar-refractivity contribution in [3.8, 4) is 0 Å². The van der Waals surface area contributed by atoms with E-state index >= 15 is 0 Å². The van der Waals surface area contributed by atoms with Crippen LogP contribution in [0.2, 0.25) is 0 Å². The van der Waals surface area contributed by atoms with Crippen molar-refractivity contribution in [1.82, 2.24) is 4.98 Å². The Balaban J connectivity index is 2.75. The minimum atomic E-state index is 0.577. The summed E-state index contributed by atoms with van der Waals surface area (Å²) >= 11 is 0. The summed E-state index contributed by atoms with van der Waals surface area (Å²) in [6.45, 7) is 4.81. The Morgan fingerprint density at radius 1 is 1.23 bits per heavy atom. The number of aromatic nitrogens is 1. The summed E-state index contributed by atoms with van der Waals surface area (Å²) < 4.78 is 0. The molecule has 0 amide bonds. The zero-order valence-electron chi connectivity index (χ0n) is 8.02. The number of benzene rings is 1. The Hall–Kier alpha value is -1.28. The van der Waals surface area contributed by atoms with Gasteiger partial charge in [0.05, 0.1) is 0 Å². The molecular weight excluding hydrogens is 160 g/mol. The van der Waals surface area contributed by atoms with Gasteiger partial charge in [-0.15, -0.1) is 0 Å². The van der Waals surface area contributed by atoms with Crippen molar-refractivity contribution in [1.29, 1.82) is 0 Å². The fourth-order valence-electron chi connectivity index (χ4n) is 1.78. The first kappa shape index (κ1) is 8.32. The molecule has 1 aromatic heterocycles. The van der Waals surface area contributed by atoms with Crippen LogP contribution in [0.5, 0.6) is 0 Å². The molecule has 0 saturated heterocycles. The van der Waals surface area contributed by atoms with E-state index in [0.29, 0.717) is 6.54 Å². The smallest absolute Gasteiger partial charge is 0.0486 e. The van der Waals surface area contributed by atoms with Crippen molar-refractivity contribution < 1.29 is 0 Å². The minimum absolute atomic E-state index is 0.577. The quantitative estimate of drug-likeness (QED) is 0.684. The molecule has 3 N–H and O–H groups in total. The fourth-order valence-corrected chi connectivity index (χ4v) is 1.78. The van der Waals surface area contributed by atoms with Crippen LogP contribution in [-0.2, 0) is 6.54 Å². The van der Waals surface area contributed by atoms with E-state index < -0.39 is 0 Å². The van der Waals surface area contributed by atoms with Gasteiger partial charge in [-0.1, -0.05) is 11.6 Å². The zero-order chi connectivity index (χ0) is 9.42. The maximum absolute atomic E-state index is 5.57. The maximum atomic E-state index is 5.57. The molecule has 2 aromatic rings. The minimum Gasteiger partial charge on any atom is -0.357 e. The molecule has 13 heavy (non-hydrogen) atoms. The lowest BCUT2D eigenvalue weighted by Crippen LogP contribution is -1.95. The second kappa shape index (κ2) is 2.89. The van der Waals surface area contributed by atoms with Crippen LogP contribution in [0.15, 0.2) is 18.2 Å². The van der Waals surface area contributed by atoms with Crippen LogP contribution < -0.4 is 5.73 Å². The van der Waals surface area contributed by atoms with Gasteiger partial charge in [0.1, 0.15) is 0 Å². The zero-order valence-corrected chi connectivity index (χ0v) is 8.02. The molecule has 0 aliphatic carbocycles. The number of H-pyrrole nitrogens is 1. The highest BCUT2D eigenvalue weighted by atomic mass is 14.7. The lowest BCUT2D eigenvalue weighted by Gasteiger charge is -1.97. The van der Waals surface area contributed by atoms with E-state index in [1.807, 2.05) is 0 Å². The third kappa shape index (κ3) is 1.33. The number of aromatic amines is 1. The predicted molar refractivity (Wildman–Crippen MR) is 55.7 cm³/mol. The first-order chi connectivity index (χ1) is 6.20. The third-order valence-corrected chi connectivity index (χ3v) is 2.35. The molecule has 68 valence electrons. The number of nitrogens with two attached hydrogens (primary N) is 1. The van der Waals surface area contributed by atoms with Crippen LogP contribution in [-0.4, -0.2) is 4.98 Å². The van der Waals surface area contributed by atoms with E-state index in [0.717, 1.165) is 5.69 Å². The monoisotopic (exact) mass is 174 g/mol.